The number of nitrogens with one attached hydrogen (secondary N) is 1. The molecular weight excluding hydrogens is 198 g/mol. The molecule has 1 aromatic carbocycles. The van der Waals surface area contributed by atoms with Crippen LogP contribution in [-0.2, 0) is 6.42 Å². The maximum Gasteiger partial charge on any atom is 0.115 e. The van der Waals surface area contributed by atoms with Crippen LogP contribution < -0.4 is 5.32 Å². The predicted molar refractivity (Wildman–Crippen MR) is 68.7 cm³/mol. The topological polar surface area (TPSA) is 32.3 Å². The highest BCUT2D eigenvalue weighted by Gasteiger charge is 2.01. The molecule has 0 aliphatic heterocycles. The third-order valence-electron chi connectivity index (χ3n) is 2.52. The second kappa shape index (κ2) is 7.07. The third-order valence-corrected chi connectivity index (χ3v) is 2.52. The predicted octanol–water partition coefficient (Wildman–Crippen LogP) is 2.88. The Labute approximate surface area is 98.0 Å². The first-order valence-corrected chi connectivity index (χ1v) is 5.85. The van der Waals surface area contributed by atoms with Gasteiger partial charge >= 0.3 is 0 Å². The average Bonchev–Trinajstić information content (AvgIpc) is 2.28. The summed E-state index contributed by atoms with van der Waals surface area (Å²) >= 11 is 0. The minimum absolute atomic E-state index is 0.331. The maximum absolute atomic E-state index is 9.17. The van der Waals surface area contributed by atoms with Gasteiger partial charge in [0, 0.05) is 6.04 Å². The van der Waals surface area contributed by atoms with E-state index in [-0.39, 0.29) is 0 Å². The van der Waals surface area contributed by atoms with E-state index in [9.17, 15) is 0 Å². The van der Waals surface area contributed by atoms with E-state index in [2.05, 4.69) is 24.4 Å². The summed E-state index contributed by atoms with van der Waals surface area (Å²) in [7, 11) is 0. The summed E-state index contributed by atoms with van der Waals surface area (Å²) in [5, 5.41) is 12.6. The van der Waals surface area contributed by atoms with E-state index in [1.807, 2.05) is 19.1 Å². The van der Waals surface area contributed by atoms with Gasteiger partial charge in [-0.1, -0.05) is 24.3 Å². The van der Waals surface area contributed by atoms with Crippen molar-refractivity contribution in [1.82, 2.24) is 5.32 Å². The number of phenols is 1. The van der Waals surface area contributed by atoms with Gasteiger partial charge in [0.25, 0.3) is 0 Å². The van der Waals surface area contributed by atoms with Gasteiger partial charge in [-0.3, -0.25) is 0 Å². The van der Waals surface area contributed by atoms with Crippen LogP contribution >= 0.6 is 0 Å². The van der Waals surface area contributed by atoms with Crippen molar-refractivity contribution in [3.8, 4) is 5.75 Å². The van der Waals surface area contributed by atoms with E-state index in [1.165, 1.54) is 5.56 Å². The molecule has 1 atom stereocenters. The van der Waals surface area contributed by atoms with Crippen LogP contribution in [0.4, 0.5) is 0 Å². The molecule has 1 aromatic rings. The van der Waals surface area contributed by atoms with Gasteiger partial charge in [0.2, 0.25) is 0 Å². The van der Waals surface area contributed by atoms with Crippen LogP contribution in [0.25, 0.3) is 0 Å². The molecular formula is C14H21NO. The number of aromatic hydroxyl groups is 1. The monoisotopic (exact) mass is 219 g/mol. The van der Waals surface area contributed by atoms with Crippen molar-refractivity contribution in [2.45, 2.75) is 32.7 Å². The first-order chi connectivity index (χ1) is 7.72. The lowest BCUT2D eigenvalue weighted by atomic mass is 10.1. The zero-order chi connectivity index (χ0) is 11.8. The molecule has 0 aromatic heterocycles. The van der Waals surface area contributed by atoms with Crippen LogP contribution in [0.1, 0.15) is 25.8 Å². The van der Waals surface area contributed by atoms with Gasteiger partial charge in [0.15, 0.2) is 0 Å². The molecule has 88 valence electrons. The van der Waals surface area contributed by atoms with Crippen LogP contribution in [0, 0.1) is 0 Å². The summed E-state index contributed by atoms with van der Waals surface area (Å²) in [5.74, 6) is 0.331. The standard InChI is InChI=1S/C14H21NO/c1-3-4-5-10-15-12(2)11-13-6-8-14(16)9-7-13/h3-4,6-9,12,15-16H,5,10-11H2,1-2H3/b4-3+. The van der Waals surface area contributed by atoms with Crippen LogP contribution in [0.15, 0.2) is 36.4 Å². The Bertz CT molecular complexity index is 316. The highest BCUT2D eigenvalue weighted by atomic mass is 16.3. The van der Waals surface area contributed by atoms with Crippen molar-refractivity contribution < 1.29 is 5.11 Å². The molecule has 0 bridgehead atoms. The second-order valence-electron chi connectivity index (χ2n) is 4.08. The van der Waals surface area contributed by atoms with E-state index in [0.29, 0.717) is 11.8 Å². The lowest BCUT2D eigenvalue weighted by Gasteiger charge is -2.13. The largest absolute Gasteiger partial charge is 0.508 e. The van der Waals surface area contributed by atoms with Gasteiger partial charge in [-0.05, 0) is 50.9 Å². The quantitative estimate of drug-likeness (QED) is 0.569. The molecule has 0 aliphatic carbocycles. The zero-order valence-corrected chi connectivity index (χ0v) is 10.1. The second-order valence-corrected chi connectivity index (χ2v) is 4.08. The van der Waals surface area contributed by atoms with Crippen molar-refractivity contribution in [1.29, 1.82) is 0 Å². The molecule has 1 unspecified atom stereocenters. The minimum atomic E-state index is 0.331. The first kappa shape index (κ1) is 12.8. The van der Waals surface area contributed by atoms with Crippen molar-refractivity contribution in [2.75, 3.05) is 6.54 Å². The Morgan fingerprint density at radius 3 is 2.62 bits per heavy atom. The van der Waals surface area contributed by atoms with Crippen molar-refractivity contribution in [3.05, 3.63) is 42.0 Å². The molecule has 0 radical (unpaired) electrons. The average molecular weight is 219 g/mol. The van der Waals surface area contributed by atoms with Crippen molar-refractivity contribution in [3.63, 3.8) is 0 Å². The molecule has 2 nitrogen and oxygen atoms in total. The molecule has 1 rings (SSSR count). The number of phenolic OH excluding ortho intramolecular Hbond substituents is 1. The van der Waals surface area contributed by atoms with Gasteiger partial charge in [-0.25, -0.2) is 0 Å². The number of hydrogen-bond acceptors (Lipinski definition) is 2. The van der Waals surface area contributed by atoms with E-state index in [1.54, 1.807) is 12.1 Å². The van der Waals surface area contributed by atoms with E-state index >= 15 is 0 Å². The van der Waals surface area contributed by atoms with Gasteiger partial charge in [0.05, 0.1) is 0 Å². The van der Waals surface area contributed by atoms with Crippen LogP contribution in [-0.4, -0.2) is 17.7 Å². The van der Waals surface area contributed by atoms with Crippen molar-refractivity contribution >= 4 is 0 Å². The Balaban J connectivity index is 2.28. The number of benzene rings is 1. The fraction of sp³-hybridized carbons (Fsp3) is 0.429. The third kappa shape index (κ3) is 4.99. The van der Waals surface area contributed by atoms with Crippen LogP contribution in [0.2, 0.25) is 0 Å². The summed E-state index contributed by atoms with van der Waals surface area (Å²) in [6, 6.07) is 7.89. The summed E-state index contributed by atoms with van der Waals surface area (Å²) < 4.78 is 0. The SMILES string of the molecule is C/C=C/CCNC(C)Cc1ccc(O)cc1. The van der Waals surface area contributed by atoms with Gasteiger partial charge in [-0.15, -0.1) is 0 Å². The molecule has 2 N–H and O–H groups in total. The molecule has 0 saturated heterocycles. The number of hydrogen-bond donors (Lipinski definition) is 2. The van der Waals surface area contributed by atoms with Crippen molar-refractivity contribution in [2.24, 2.45) is 0 Å². The molecule has 0 heterocycles. The lowest BCUT2D eigenvalue weighted by molar-refractivity contribution is 0.474. The van der Waals surface area contributed by atoms with Gasteiger partial charge < -0.3 is 10.4 Å². The fourth-order valence-electron chi connectivity index (χ4n) is 1.64. The molecule has 16 heavy (non-hydrogen) atoms. The molecule has 0 spiro atoms. The summed E-state index contributed by atoms with van der Waals surface area (Å²) in [6.07, 6.45) is 6.32. The lowest BCUT2D eigenvalue weighted by Crippen LogP contribution is -2.28. The molecule has 0 amide bonds. The molecule has 0 aliphatic rings. The van der Waals surface area contributed by atoms with E-state index in [4.69, 9.17) is 5.11 Å². The van der Waals surface area contributed by atoms with Crippen LogP contribution in [0.3, 0.4) is 0 Å². The van der Waals surface area contributed by atoms with Gasteiger partial charge in [0.1, 0.15) is 5.75 Å². The molecule has 0 saturated carbocycles. The normalized spacial score (nSPS) is 13.1. The number of rotatable bonds is 6. The highest BCUT2D eigenvalue weighted by molar-refractivity contribution is 5.26. The zero-order valence-electron chi connectivity index (χ0n) is 10.1. The number of allylic oxidation sites excluding steroid dienone is 1. The molecule has 0 fully saturated rings. The Morgan fingerprint density at radius 1 is 1.31 bits per heavy atom. The Kier molecular flexibility index (Phi) is 5.65. The Morgan fingerprint density at radius 2 is 2.00 bits per heavy atom. The minimum Gasteiger partial charge on any atom is -0.508 e. The highest BCUT2D eigenvalue weighted by Crippen LogP contribution is 2.11. The summed E-state index contributed by atoms with van der Waals surface area (Å²) in [5.41, 5.74) is 1.25. The smallest absolute Gasteiger partial charge is 0.115 e. The van der Waals surface area contributed by atoms with Gasteiger partial charge in [-0.2, -0.15) is 0 Å². The maximum atomic E-state index is 9.17. The summed E-state index contributed by atoms with van der Waals surface area (Å²) in [6.45, 7) is 5.24. The van der Waals surface area contributed by atoms with E-state index < -0.39 is 0 Å². The first-order valence-electron chi connectivity index (χ1n) is 5.85. The Hall–Kier alpha value is -1.28. The fourth-order valence-corrected chi connectivity index (χ4v) is 1.64. The van der Waals surface area contributed by atoms with E-state index in [0.717, 1.165) is 19.4 Å². The summed E-state index contributed by atoms with van der Waals surface area (Å²) in [4.78, 5) is 0. The van der Waals surface area contributed by atoms with Crippen LogP contribution in [0.5, 0.6) is 5.75 Å². The molecule has 2 heteroatoms.